The average Bonchev–Trinajstić information content (AvgIpc) is 2.78. The molecule has 0 aromatic carbocycles. The van der Waals surface area contributed by atoms with Gasteiger partial charge in [0, 0.05) is 25.5 Å². The summed E-state index contributed by atoms with van der Waals surface area (Å²) < 4.78 is 0. The summed E-state index contributed by atoms with van der Waals surface area (Å²) in [7, 11) is 0. The second-order valence-corrected chi connectivity index (χ2v) is 3.77. The average molecular weight is 206 g/mol. The van der Waals surface area contributed by atoms with E-state index in [0.717, 1.165) is 19.5 Å². The minimum absolute atomic E-state index is 0.00606. The fraction of sp³-hybridized carbons (Fsp3) is 0.500. The Morgan fingerprint density at radius 2 is 2.27 bits per heavy atom. The lowest BCUT2D eigenvalue weighted by Crippen LogP contribution is -2.30. The Balaban J connectivity index is 2.04. The molecule has 1 saturated heterocycles. The van der Waals surface area contributed by atoms with Crippen molar-refractivity contribution in [2.24, 2.45) is 11.7 Å². The van der Waals surface area contributed by atoms with Gasteiger partial charge in [0.25, 0.3) is 5.91 Å². The van der Waals surface area contributed by atoms with E-state index in [1.165, 1.54) is 6.33 Å². The van der Waals surface area contributed by atoms with Gasteiger partial charge in [0.15, 0.2) is 0 Å². The Labute approximate surface area is 88.3 Å². The van der Waals surface area contributed by atoms with E-state index in [-0.39, 0.29) is 5.91 Å². The summed E-state index contributed by atoms with van der Waals surface area (Å²) in [5.74, 6) is 0.449. The van der Waals surface area contributed by atoms with Crippen molar-refractivity contribution in [1.29, 1.82) is 0 Å². The number of nitrogens with zero attached hydrogens (tertiary/aromatic N) is 3. The largest absolute Gasteiger partial charge is 0.338 e. The summed E-state index contributed by atoms with van der Waals surface area (Å²) in [5.41, 5.74) is 6.12. The molecule has 1 aromatic heterocycles. The maximum atomic E-state index is 11.9. The van der Waals surface area contributed by atoms with Gasteiger partial charge < -0.3 is 10.6 Å². The lowest BCUT2D eigenvalue weighted by Gasteiger charge is -2.15. The molecule has 2 N–H and O–H groups in total. The van der Waals surface area contributed by atoms with Crippen LogP contribution in [-0.4, -0.2) is 40.4 Å². The first-order valence-electron chi connectivity index (χ1n) is 5.05. The van der Waals surface area contributed by atoms with Gasteiger partial charge in [-0.15, -0.1) is 0 Å². The van der Waals surface area contributed by atoms with Crippen molar-refractivity contribution in [3.8, 4) is 0 Å². The summed E-state index contributed by atoms with van der Waals surface area (Å²) >= 11 is 0. The molecule has 2 rings (SSSR count). The van der Waals surface area contributed by atoms with Crippen LogP contribution in [0.25, 0.3) is 0 Å². The van der Waals surface area contributed by atoms with E-state index in [9.17, 15) is 4.79 Å². The second-order valence-electron chi connectivity index (χ2n) is 3.77. The molecule has 1 aliphatic heterocycles. The third kappa shape index (κ3) is 2.12. The van der Waals surface area contributed by atoms with Gasteiger partial charge in [-0.05, 0) is 18.9 Å². The van der Waals surface area contributed by atoms with Crippen LogP contribution in [0.5, 0.6) is 0 Å². The van der Waals surface area contributed by atoms with Crippen LogP contribution in [0.1, 0.15) is 16.8 Å². The van der Waals surface area contributed by atoms with E-state index >= 15 is 0 Å². The number of nitrogens with two attached hydrogens (primary N) is 1. The normalized spacial score (nSPS) is 20.6. The van der Waals surface area contributed by atoms with Crippen molar-refractivity contribution in [2.45, 2.75) is 6.42 Å². The SMILES string of the molecule is NCC1CCN(C(=O)c2cncnc2)C1. The maximum absolute atomic E-state index is 11.9. The van der Waals surface area contributed by atoms with E-state index in [4.69, 9.17) is 5.73 Å². The van der Waals surface area contributed by atoms with Crippen molar-refractivity contribution < 1.29 is 4.79 Å². The molecule has 0 radical (unpaired) electrons. The highest BCUT2D eigenvalue weighted by molar-refractivity contribution is 5.93. The lowest BCUT2D eigenvalue weighted by atomic mass is 10.1. The van der Waals surface area contributed by atoms with Gasteiger partial charge in [-0.3, -0.25) is 4.79 Å². The Bertz CT molecular complexity index is 341. The third-order valence-electron chi connectivity index (χ3n) is 2.71. The summed E-state index contributed by atoms with van der Waals surface area (Å²) in [5, 5.41) is 0. The van der Waals surface area contributed by atoms with Crippen LogP contribution in [-0.2, 0) is 0 Å². The molecule has 0 spiro atoms. The fourth-order valence-electron chi connectivity index (χ4n) is 1.80. The predicted molar refractivity (Wildman–Crippen MR) is 55.1 cm³/mol. The first-order valence-corrected chi connectivity index (χ1v) is 5.05. The van der Waals surface area contributed by atoms with Crippen molar-refractivity contribution >= 4 is 5.91 Å². The number of aromatic nitrogens is 2. The molecule has 1 aliphatic rings. The van der Waals surface area contributed by atoms with E-state index < -0.39 is 0 Å². The third-order valence-corrected chi connectivity index (χ3v) is 2.71. The number of likely N-dealkylation sites (tertiary alicyclic amines) is 1. The smallest absolute Gasteiger partial charge is 0.257 e. The van der Waals surface area contributed by atoms with Crippen molar-refractivity contribution in [1.82, 2.24) is 14.9 Å². The summed E-state index contributed by atoms with van der Waals surface area (Å²) in [4.78, 5) is 21.4. The number of hydrogen-bond acceptors (Lipinski definition) is 4. The van der Waals surface area contributed by atoms with Crippen LogP contribution in [0.2, 0.25) is 0 Å². The summed E-state index contributed by atoms with van der Waals surface area (Å²) in [6.07, 6.45) is 5.51. The first-order chi connectivity index (χ1) is 7.31. The molecular formula is C10H14N4O. The minimum atomic E-state index is 0.00606. The number of rotatable bonds is 2. The van der Waals surface area contributed by atoms with E-state index in [1.807, 2.05) is 4.90 Å². The van der Waals surface area contributed by atoms with Crippen LogP contribution in [0.3, 0.4) is 0 Å². The molecule has 1 amide bonds. The molecule has 0 aliphatic carbocycles. The summed E-state index contributed by atoms with van der Waals surface area (Å²) in [6.45, 7) is 2.19. The Kier molecular flexibility index (Phi) is 2.91. The van der Waals surface area contributed by atoms with Crippen LogP contribution in [0.4, 0.5) is 0 Å². The standard InChI is InChI=1S/C10H14N4O/c11-3-8-1-2-14(6-8)10(15)9-4-12-7-13-5-9/h4-5,7-8H,1-3,6,11H2. The molecule has 1 aromatic rings. The van der Waals surface area contributed by atoms with Gasteiger partial charge >= 0.3 is 0 Å². The van der Waals surface area contributed by atoms with Gasteiger partial charge in [-0.1, -0.05) is 0 Å². The number of hydrogen-bond donors (Lipinski definition) is 1. The fourth-order valence-corrected chi connectivity index (χ4v) is 1.80. The number of amides is 1. The highest BCUT2D eigenvalue weighted by Gasteiger charge is 2.25. The number of carbonyl (C=O) groups excluding carboxylic acids is 1. The molecule has 80 valence electrons. The molecule has 5 nitrogen and oxygen atoms in total. The van der Waals surface area contributed by atoms with Crippen molar-refractivity contribution in [3.63, 3.8) is 0 Å². The molecule has 0 bridgehead atoms. The quantitative estimate of drug-likeness (QED) is 0.733. The maximum Gasteiger partial charge on any atom is 0.257 e. The zero-order chi connectivity index (χ0) is 10.7. The van der Waals surface area contributed by atoms with E-state index in [0.29, 0.717) is 18.0 Å². The Hall–Kier alpha value is -1.49. The van der Waals surface area contributed by atoms with Gasteiger partial charge in [-0.2, -0.15) is 0 Å². The molecule has 0 saturated carbocycles. The topological polar surface area (TPSA) is 72.1 Å². The molecular weight excluding hydrogens is 192 g/mol. The van der Waals surface area contributed by atoms with Crippen molar-refractivity contribution in [2.75, 3.05) is 19.6 Å². The van der Waals surface area contributed by atoms with Gasteiger partial charge in [0.1, 0.15) is 6.33 Å². The van der Waals surface area contributed by atoms with E-state index in [1.54, 1.807) is 12.4 Å². The molecule has 15 heavy (non-hydrogen) atoms. The van der Waals surface area contributed by atoms with E-state index in [2.05, 4.69) is 9.97 Å². The highest BCUT2D eigenvalue weighted by atomic mass is 16.2. The lowest BCUT2D eigenvalue weighted by molar-refractivity contribution is 0.0787. The monoisotopic (exact) mass is 206 g/mol. The molecule has 1 unspecified atom stereocenters. The molecule has 2 heterocycles. The molecule has 1 fully saturated rings. The number of carbonyl (C=O) groups is 1. The van der Waals surface area contributed by atoms with Gasteiger partial charge in [0.2, 0.25) is 0 Å². The first kappa shape index (κ1) is 10.0. The highest BCUT2D eigenvalue weighted by Crippen LogP contribution is 2.16. The van der Waals surface area contributed by atoms with Gasteiger partial charge in [0.05, 0.1) is 5.56 Å². The van der Waals surface area contributed by atoms with Crippen LogP contribution in [0, 0.1) is 5.92 Å². The van der Waals surface area contributed by atoms with Gasteiger partial charge in [-0.25, -0.2) is 9.97 Å². The Morgan fingerprint density at radius 1 is 1.53 bits per heavy atom. The molecule has 5 heteroatoms. The van der Waals surface area contributed by atoms with Crippen LogP contribution in [0.15, 0.2) is 18.7 Å². The van der Waals surface area contributed by atoms with Crippen LogP contribution < -0.4 is 5.73 Å². The Morgan fingerprint density at radius 3 is 2.87 bits per heavy atom. The zero-order valence-electron chi connectivity index (χ0n) is 8.47. The second kappa shape index (κ2) is 4.35. The zero-order valence-corrected chi connectivity index (χ0v) is 8.47. The summed E-state index contributed by atoms with van der Waals surface area (Å²) in [6, 6.07) is 0. The molecule has 1 atom stereocenters. The predicted octanol–water partition coefficient (Wildman–Crippen LogP) is -0.103. The minimum Gasteiger partial charge on any atom is -0.338 e. The van der Waals surface area contributed by atoms with Crippen molar-refractivity contribution in [3.05, 3.63) is 24.3 Å². The van der Waals surface area contributed by atoms with Crippen LogP contribution >= 0.6 is 0 Å².